The lowest BCUT2D eigenvalue weighted by atomic mass is 10.1. The summed E-state index contributed by atoms with van der Waals surface area (Å²) >= 11 is 1.67. The Bertz CT molecular complexity index is 423. The van der Waals surface area contributed by atoms with Crippen LogP contribution in [0.15, 0.2) is 23.8 Å². The van der Waals surface area contributed by atoms with Crippen LogP contribution in [0.4, 0.5) is 5.82 Å². The molecule has 4 heteroatoms. The quantitative estimate of drug-likeness (QED) is 0.818. The summed E-state index contributed by atoms with van der Waals surface area (Å²) in [5, 5.41) is 2.03. The molecule has 2 heterocycles. The molecule has 0 aromatic carbocycles. The summed E-state index contributed by atoms with van der Waals surface area (Å²) in [5.74, 6) is 0.589. The van der Waals surface area contributed by atoms with Crippen LogP contribution < -0.4 is 5.73 Å². The van der Waals surface area contributed by atoms with E-state index >= 15 is 0 Å². The van der Waals surface area contributed by atoms with Gasteiger partial charge in [0, 0.05) is 5.56 Å². The van der Waals surface area contributed by atoms with E-state index in [2.05, 4.69) is 16.9 Å². The number of anilines is 1. The van der Waals surface area contributed by atoms with Crippen molar-refractivity contribution in [1.82, 2.24) is 9.97 Å². The van der Waals surface area contributed by atoms with Crippen LogP contribution in [-0.2, 0) is 6.42 Å². The fraction of sp³-hybridized carbons (Fsp3) is 0.200. The minimum atomic E-state index is 0.589. The number of nitrogens with two attached hydrogens (primary N) is 1. The van der Waals surface area contributed by atoms with E-state index in [1.54, 1.807) is 11.3 Å². The van der Waals surface area contributed by atoms with E-state index in [0.717, 1.165) is 22.6 Å². The number of thiophene rings is 1. The van der Waals surface area contributed by atoms with E-state index in [9.17, 15) is 0 Å². The van der Waals surface area contributed by atoms with E-state index in [1.807, 2.05) is 17.5 Å². The van der Waals surface area contributed by atoms with Crippen molar-refractivity contribution in [3.63, 3.8) is 0 Å². The molecule has 2 aromatic heterocycles. The van der Waals surface area contributed by atoms with Crippen LogP contribution in [0.1, 0.15) is 12.5 Å². The van der Waals surface area contributed by atoms with Gasteiger partial charge in [-0.1, -0.05) is 13.0 Å². The first kappa shape index (κ1) is 9.15. The van der Waals surface area contributed by atoms with Gasteiger partial charge in [-0.3, -0.25) is 0 Å². The van der Waals surface area contributed by atoms with Crippen molar-refractivity contribution >= 4 is 17.2 Å². The van der Waals surface area contributed by atoms with Crippen LogP contribution in [0.2, 0.25) is 0 Å². The van der Waals surface area contributed by atoms with Gasteiger partial charge in [0.2, 0.25) is 0 Å². The average Bonchev–Trinajstić information content (AvgIpc) is 2.70. The molecule has 0 atom stereocenters. The number of aromatic nitrogens is 2. The monoisotopic (exact) mass is 205 g/mol. The minimum Gasteiger partial charge on any atom is -0.383 e. The number of nitrogen functional groups attached to an aromatic ring is 1. The van der Waals surface area contributed by atoms with Crippen LogP contribution in [-0.4, -0.2) is 9.97 Å². The molecule has 2 aromatic rings. The van der Waals surface area contributed by atoms with Crippen LogP contribution in [0, 0.1) is 0 Å². The van der Waals surface area contributed by atoms with Crippen molar-refractivity contribution in [2.24, 2.45) is 0 Å². The Morgan fingerprint density at radius 1 is 1.43 bits per heavy atom. The molecule has 0 radical (unpaired) electrons. The number of hydrogen-bond acceptors (Lipinski definition) is 4. The zero-order valence-electron chi connectivity index (χ0n) is 7.90. The molecule has 0 aliphatic rings. The molecule has 3 nitrogen and oxygen atoms in total. The van der Waals surface area contributed by atoms with E-state index in [-0.39, 0.29) is 0 Å². The van der Waals surface area contributed by atoms with Gasteiger partial charge in [-0.2, -0.15) is 0 Å². The maximum atomic E-state index is 5.79. The highest BCUT2D eigenvalue weighted by molar-refractivity contribution is 7.13. The van der Waals surface area contributed by atoms with Gasteiger partial charge in [0.25, 0.3) is 0 Å². The summed E-state index contributed by atoms with van der Waals surface area (Å²) < 4.78 is 0. The number of rotatable bonds is 2. The fourth-order valence-corrected chi connectivity index (χ4v) is 2.15. The topological polar surface area (TPSA) is 51.8 Å². The third kappa shape index (κ3) is 1.48. The molecule has 0 amide bonds. The zero-order chi connectivity index (χ0) is 9.97. The van der Waals surface area contributed by atoms with Gasteiger partial charge in [0.05, 0.1) is 10.6 Å². The van der Waals surface area contributed by atoms with E-state index in [1.165, 1.54) is 6.33 Å². The molecule has 0 bridgehead atoms. The Labute approximate surface area is 86.6 Å². The molecular formula is C10H11N3S. The molecule has 2 rings (SSSR count). The summed E-state index contributed by atoms with van der Waals surface area (Å²) in [5.41, 5.74) is 7.80. The molecule has 0 fully saturated rings. The third-order valence-electron chi connectivity index (χ3n) is 2.09. The Morgan fingerprint density at radius 2 is 2.29 bits per heavy atom. The highest BCUT2D eigenvalue weighted by atomic mass is 32.1. The van der Waals surface area contributed by atoms with Gasteiger partial charge in [-0.15, -0.1) is 11.3 Å². The van der Waals surface area contributed by atoms with Gasteiger partial charge in [-0.05, 0) is 17.9 Å². The Hall–Kier alpha value is -1.42. The fourth-order valence-electron chi connectivity index (χ4n) is 1.40. The van der Waals surface area contributed by atoms with Crippen LogP contribution in [0.5, 0.6) is 0 Å². The summed E-state index contributed by atoms with van der Waals surface area (Å²) in [7, 11) is 0. The van der Waals surface area contributed by atoms with E-state index in [4.69, 9.17) is 5.73 Å². The average molecular weight is 205 g/mol. The maximum Gasteiger partial charge on any atom is 0.130 e. The first-order chi connectivity index (χ1) is 6.83. The molecule has 0 spiro atoms. The summed E-state index contributed by atoms with van der Waals surface area (Å²) in [6, 6.07) is 4.06. The van der Waals surface area contributed by atoms with Crippen molar-refractivity contribution in [3.05, 3.63) is 29.4 Å². The molecule has 2 N–H and O–H groups in total. The minimum absolute atomic E-state index is 0.589. The largest absolute Gasteiger partial charge is 0.383 e. The molecule has 0 saturated carbocycles. The normalized spacial score (nSPS) is 10.4. The van der Waals surface area contributed by atoms with Crippen LogP contribution in [0.3, 0.4) is 0 Å². The lowest BCUT2D eigenvalue weighted by Crippen LogP contribution is -2.00. The van der Waals surface area contributed by atoms with Crippen molar-refractivity contribution in [2.45, 2.75) is 13.3 Å². The van der Waals surface area contributed by atoms with Crippen molar-refractivity contribution in [1.29, 1.82) is 0 Å². The first-order valence-electron chi connectivity index (χ1n) is 4.46. The summed E-state index contributed by atoms with van der Waals surface area (Å²) in [6.07, 6.45) is 2.38. The van der Waals surface area contributed by atoms with Gasteiger partial charge < -0.3 is 5.73 Å². The second-order valence-electron chi connectivity index (χ2n) is 2.92. The lowest BCUT2D eigenvalue weighted by molar-refractivity contribution is 1.06. The molecular weight excluding hydrogens is 194 g/mol. The molecule has 14 heavy (non-hydrogen) atoms. The van der Waals surface area contributed by atoms with Crippen molar-refractivity contribution < 1.29 is 0 Å². The van der Waals surface area contributed by atoms with E-state index < -0.39 is 0 Å². The SMILES string of the molecule is CCc1c(N)ncnc1-c1cccs1. The predicted molar refractivity (Wildman–Crippen MR) is 59.1 cm³/mol. The maximum absolute atomic E-state index is 5.79. The van der Waals surface area contributed by atoms with Crippen LogP contribution >= 0.6 is 11.3 Å². The van der Waals surface area contributed by atoms with Crippen molar-refractivity contribution in [3.8, 4) is 10.6 Å². The third-order valence-corrected chi connectivity index (χ3v) is 2.96. The second-order valence-corrected chi connectivity index (χ2v) is 3.86. The molecule has 0 unspecified atom stereocenters. The zero-order valence-corrected chi connectivity index (χ0v) is 8.71. The second kappa shape index (κ2) is 3.75. The van der Waals surface area contributed by atoms with Gasteiger partial charge in [0.1, 0.15) is 12.1 Å². The first-order valence-corrected chi connectivity index (χ1v) is 5.34. The van der Waals surface area contributed by atoms with E-state index in [0.29, 0.717) is 5.82 Å². The molecule has 0 aliphatic heterocycles. The molecule has 0 aliphatic carbocycles. The summed E-state index contributed by atoms with van der Waals surface area (Å²) in [6.45, 7) is 2.06. The van der Waals surface area contributed by atoms with Crippen molar-refractivity contribution in [2.75, 3.05) is 5.73 Å². The number of hydrogen-bond donors (Lipinski definition) is 1. The highest BCUT2D eigenvalue weighted by Crippen LogP contribution is 2.28. The highest BCUT2D eigenvalue weighted by Gasteiger charge is 2.09. The Morgan fingerprint density at radius 3 is 2.93 bits per heavy atom. The standard InChI is InChI=1S/C10H11N3S/c1-2-7-9(8-4-3-5-14-8)12-6-13-10(7)11/h3-6H,2H2,1H3,(H2,11,12,13). The molecule has 0 saturated heterocycles. The van der Waals surface area contributed by atoms with Gasteiger partial charge in [-0.25, -0.2) is 9.97 Å². The van der Waals surface area contributed by atoms with Gasteiger partial charge in [0.15, 0.2) is 0 Å². The number of nitrogens with zero attached hydrogens (tertiary/aromatic N) is 2. The van der Waals surface area contributed by atoms with Gasteiger partial charge >= 0.3 is 0 Å². The Balaban J connectivity index is 2.58. The lowest BCUT2D eigenvalue weighted by Gasteiger charge is -2.05. The predicted octanol–water partition coefficient (Wildman–Crippen LogP) is 2.35. The smallest absolute Gasteiger partial charge is 0.130 e. The molecule has 72 valence electrons. The Kier molecular flexibility index (Phi) is 2.45. The summed E-state index contributed by atoms with van der Waals surface area (Å²) in [4.78, 5) is 9.41. The van der Waals surface area contributed by atoms with Crippen LogP contribution in [0.25, 0.3) is 10.6 Å².